The number of aromatic nitrogens is 3. The van der Waals surface area contributed by atoms with Gasteiger partial charge in [0.2, 0.25) is 0 Å². The minimum absolute atomic E-state index is 0. The van der Waals surface area contributed by atoms with Crippen molar-refractivity contribution < 1.29 is 24.9 Å². The minimum Gasteiger partial charge on any atom is -0.300 e. The van der Waals surface area contributed by atoms with Gasteiger partial charge in [0.1, 0.15) is 23.7 Å². The SMILES string of the molecule is CC(C)=O.Cc1cccc(CN(Cc2cccc(C)n2)Cc2cccc(C)n2)n1.[Ir+3].[N]=O.c1ccc([B-](c2ccccc2)(c2ccccc2)c2ccccc2)cc1.c1ccc([B-](c2ccccc2)(c2ccccc2)c2ccccc2)cc1. The van der Waals surface area contributed by atoms with Crippen molar-refractivity contribution in [1.82, 2.24) is 25.4 Å². The van der Waals surface area contributed by atoms with Crippen LogP contribution in [0.1, 0.15) is 48.0 Å². The molecule has 0 aliphatic carbocycles. The number of aryl methyl sites for hydroxylation is 3. The van der Waals surface area contributed by atoms with Crippen molar-refractivity contribution in [2.45, 2.75) is 54.3 Å². The molecule has 10 heteroatoms. The molecule has 0 amide bonds. The zero-order chi connectivity index (χ0) is 57.1. The average molecular weight is 1250 g/mol. The van der Waals surface area contributed by atoms with Crippen molar-refractivity contribution in [3.05, 3.63) is 336 Å². The van der Waals surface area contributed by atoms with Crippen LogP contribution in [0.3, 0.4) is 0 Å². The Bertz CT molecular complexity index is 2970. The molecule has 0 saturated carbocycles. The number of nitroso groups, excluding NO2 is 1. The molecule has 8 aromatic carbocycles. The number of hydrogen-bond donors (Lipinski definition) is 0. The molecular formula is C72H70B2IrN5O2+. The van der Waals surface area contributed by atoms with Crippen LogP contribution < -0.4 is 49.3 Å². The van der Waals surface area contributed by atoms with Gasteiger partial charge in [-0.25, -0.2) is 0 Å². The van der Waals surface area contributed by atoms with Crippen molar-refractivity contribution in [1.29, 1.82) is 0 Å². The molecule has 0 saturated heterocycles. The van der Waals surface area contributed by atoms with Gasteiger partial charge in [-0.1, -0.05) is 261 Å². The van der Waals surface area contributed by atoms with Crippen molar-refractivity contribution in [2.24, 2.45) is 0 Å². The molecule has 7 nitrogen and oxygen atoms in total. The second-order valence-electron chi connectivity index (χ2n) is 20.4. The molecular weight excluding hydrogens is 1180 g/mol. The second kappa shape index (κ2) is 32.5. The average Bonchev–Trinajstić information content (AvgIpc) is 1.72. The summed E-state index contributed by atoms with van der Waals surface area (Å²) in [6, 6.07) is 106. The maximum absolute atomic E-state index is 9.44. The van der Waals surface area contributed by atoms with E-state index in [0.29, 0.717) is 0 Å². The van der Waals surface area contributed by atoms with Gasteiger partial charge in [0.05, 0.1) is 17.1 Å². The maximum Gasteiger partial charge on any atom is 3.00 e. The number of pyridine rings is 3. The Morgan fingerprint density at radius 3 is 0.610 bits per heavy atom. The van der Waals surface area contributed by atoms with Crippen molar-refractivity contribution in [3.8, 4) is 0 Å². The topological polar surface area (TPSA) is 98.3 Å². The Balaban J connectivity index is 0.000000187. The Hall–Kier alpha value is -8.78. The molecule has 11 aromatic rings. The zero-order valence-corrected chi connectivity index (χ0v) is 49.8. The molecule has 409 valence electrons. The van der Waals surface area contributed by atoms with Gasteiger partial charge in [0.15, 0.2) is 0 Å². The van der Waals surface area contributed by atoms with Gasteiger partial charge in [-0.15, -0.1) is 4.91 Å². The first kappa shape index (κ1) is 62.4. The molecule has 0 bridgehead atoms. The van der Waals surface area contributed by atoms with Crippen LogP contribution in [-0.2, 0) is 44.5 Å². The molecule has 0 fully saturated rings. The van der Waals surface area contributed by atoms with Crippen LogP contribution in [0.5, 0.6) is 0 Å². The summed E-state index contributed by atoms with van der Waals surface area (Å²) in [7, 11) is 0. The molecule has 3 heterocycles. The summed E-state index contributed by atoms with van der Waals surface area (Å²) in [5.41, 5.74) is 22.8. The predicted octanol–water partition coefficient (Wildman–Crippen LogP) is 10.3. The third-order valence-electron chi connectivity index (χ3n) is 14.4. The summed E-state index contributed by atoms with van der Waals surface area (Å²) >= 11 is 0. The summed E-state index contributed by atoms with van der Waals surface area (Å²) in [4.78, 5) is 33.0. The first-order chi connectivity index (χ1) is 39.7. The molecule has 0 aliphatic heterocycles. The van der Waals surface area contributed by atoms with E-state index in [9.17, 15) is 4.79 Å². The van der Waals surface area contributed by atoms with E-state index in [-0.39, 0.29) is 25.9 Å². The quantitative estimate of drug-likeness (QED) is 0.101. The monoisotopic (exact) mass is 1250 g/mol. The van der Waals surface area contributed by atoms with Gasteiger partial charge in [-0.05, 0) is 71.0 Å². The standard InChI is InChI=1S/2C24H20B.C21H24N4.C3H6O.Ir.NO/c2*1-5-13-21(14-6-1)25(22-15-7-2-8-16-22,23-17-9-3-10-18-23)24-19-11-4-12-20-24;1-16-7-4-10-19(22-16)13-25(14-20-11-5-8-17(2)23-20)15-21-12-6-9-18(3)24-21;1-3(2)4;;1-2/h2*1-20H;4-12H,13-15H2,1-3H3;1-2H3;;/q2*-1;;;+3;. The van der Waals surface area contributed by atoms with Crippen LogP contribution in [0.15, 0.2) is 297 Å². The number of rotatable bonds is 14. The van der Waals surface area contributed by atoms with E-state index in [1.165, 1.54) is 57.5 Å². The van der Waals surface area contributed by atoms with Crippen LogP contribution in [-0.4, -0.2) is 37.9 Å². The Kier molecular flexibility index (Phi) is 24.7. The predicted molar refractivity (Wildman–Crippen MR) is 342 cm³/mol. The fourth-order valence-corrected chi connectivity index (χ4v) is 11.2. The van der Waals surface area contributed by atoms with Gasteiger partial charge in [-0.2, -0.15) is 43.7 Å². The van der Waals surface area contributed by atoms with Crippen LogP contribution in [0.2, 0.25) is 0 Å². The summed E-state index contributed by atoms with van der Waals surface area (Å²) in [5.74, 6) is 0.167. The zero-order valence-electron chi connectivity index (χ0n) is 47.5. The third kappa shape index (κ3) is 16.7. The van der Waals surface area contributed by atoms with E-state index in [1.54, 1.807) is 0 Å². The van der Waals surface area contributed by atoms with Gasteiger partial charge in [-0.3, -0.25) is 19.9 Å². The summed E-state index contributed by atoms with van der Waals surface area (Å²) < 4.78 is 0. The second-order valence-corrected chi connectivity index (χ2v) is 20.4. The fourth-order valence-electron chi connectivity index (χ4n) is 11.2. The van der Waals surface area contributed by atoms with Crippen LogP contribution in [0.4, 0.5) is 0 Å². The summed E-state index contributed by atoms with van der Waals surface area (Å²) in [5, 5.41) is 0. The molecule has 0 unspecified atom stereocenters. The van der Waals surface area contributed by atoms with Crippen molar-refractivity contribution in [3.63, 3.8) is 0 Å². The maximum atomic E-state index is 9.44. The molecule has 11 rings (SSSR count). The first-order valence-electron chi connectivity index (χ1n) is 27.6. The van der Waals surface area contributed by atoms with Gasteiger partial charge in [0, 0.05) is 36.7 Å². The fraction of sp³-hybridized carbons (Fsp3) is 0.111. The number of nitrogens with zero attached hydrogens (tertiary/aromatic N) is 5. The number of Topliss-reactive ketones (excluding diaryl/α,β-unsaturated/α-hetero) is 1. The number of carbonyl (C=O) groups is 1. The molecule has 82 heavy (non-hydrogen) atoms. The normalized spacial score (nSPS) is 10.6. The molecule has 1 radical (unpaired) electrons. The van der Waals surface area contributed by atoms with E-state index in [1.807, 2.05) is 39.0 Å². The van der Waals surface area contributed by atoms with E-state index in [0.717, 1.165) is 53.8 Å². The summed E-state index contributed by atoms with van der Waals surface area (Å²) in [6.07, 6.45) is -2.43. The number of ketones is 1. The first-order valence-corrected chi connectivity index (χ1v) is 27.6. The number of carbonyl (C=O) groups excluding carboxylic acids is 1. The van der Waals surface area contributed by atoms with E-state index in [4.69, 9.17) is 10.5 Å². The minimum atomic E-state index is -1.22. The van der Waals surface area contributed by atoms with Gasteiger partial charge >= 0.3 is 20.1 Å². The Morgan fingerprint density at radius 2 is 0.463 bits per heavy atom. The van der Waals surface area contributed by atoms with Crippen LogP contribution in [0.25, 0.3) is 0 Å². The van der Waals surface area contributed by atoms with E-state index in [2.05, 4.69) is 299 Å². The van der Waals surface area contributed by atoms with Crippen molar-refractivity contribution >= 4 is 61.8 Å². The van der Waals surface area contributed by atoms with Gasteiger partial charge in [0.25, 0.3) is 0 Å². The Morgan fingerprint density at radius 1 is 0.305 bits per heavy atom. The Labute approximate surface area is 499 Å². The third-order valence-corrected chi connectivity index (χ3v) is 14.4. The summed E-state index contributed by atoms with van der Waals surface area (Å²) in [6.45, 7) is 11.4. The molecule has 0 N–H and O–H groups in total. The van der Waals surface area contributed by atoms with Crippen LogP contribution in [0, 0.1) is 25.7 Å². The number of hydrogen-bond acceptors (Lipinski definition) is 6. The molecule has 0 spiro atoms. The molecule has 0 aliphatic rings. The largest absolute Gasteiger partial charge is 3.00 e. The number of benzene rings is 8. The smallest absolute Gasteiger partial charge is 0.300 e. The van der Waals surface area contributed by atoms with E-state index >= 15 is 0 Å². The van der Waals surface area contributed by atoms with Crippen LogP contribution >= 0.6 is 0 Å². The molecule has 3 aromatic heterocycles. The van der Waals surface area contributed by atoms with E-state index < -0.39 is 12.3 Å². The van der Waals surface area contributed by atoms with Crippen molar-refractivity contribution in [2.75, 3.05) is 0 Å². The molecule has 0 atom stereocenters. The van der Waals surface area contributed by atoms with Gasteiger partial charge < -0.3 is 4.79 Å².